The van der Waals surface area contributed by atoms with E-state index in [-0.39, 0.29) is 5.54 Å². The molecule has 0 saturated heterocycles. The number of aromatic nitrogens is 1. The highest BCUT2D eigenvalue weighted by atomic mass is 32.1. The maximum absolute atomic E-state index is 4.80. The van der Waals surface area contributed by atoms with Crippen molar-refractivity contribution in [1.82, 2.24) is 10.3 Å². The number of hydrogen-bond donors (Lipinski definition) is 1. The minimum atomic E-state index is 0.137. The monoisotopic (exact) mass is 294 g/mol. The van der Waals surface area contributed by atoms with Crippen molar-refractivity contribution in [2.24, 2.45) is 0 Å². The van der Waals surface area contributed by atoms with Crippen LogP contribution in [0.25, 0.3) is 0 Å². The van der Waals surface area contributed by atoms with Crippen molar-refractivity contribution in [3.05, 3.63) is 16.1 Å². The SMILES string of the molecule is CNC1(c2nc(C)cs2)CCCCCCCCCCC1. The van der Waals surface area contributed by atoms with Gasteiger partial charge in [0.1, 0.15) is 5.01 Å². The van der Waals surface area contributed by atoms with Crippen LogP contribution in [0.1, 0.15) is 81.3 Å². The molecule has 1 aliphatic carbocycles. The molecule has 1 aromatic rings. The molecule has 0 aromatic carbocycles. The van der Waals surface area contributed by atoms with Crippen LogP contribution in [-0.4, -0.2) is 12.0 Å². The summed E-state index contributed by atoms with van der Waals surface area (Å²) < 4.78 is 0. The highest BCUT2D eigenvalue weighted by Gasteiger charge is 2.32. The van der Waals surface area contributed by atoms with Gasteiger partial charge in [0, 0.05) is 11.1 Å². The van der Waals surface area contributed by atoms with Gasteiger partial charge in [-0.25, -0.2) is 4.98 Å². The predicted molar refractivity (Wildman–Crippen MR) is 88.4 cm³/mol. The second-order valence-electron chi connectivity index (χ2n) is 6.31. The van der Waals surface area contributed by atoms with Gasteiger partial charge in [0.15, 0.2) is 0 Å². The van der Waals surface area contributed by atoms with Crippen LogP contribution in [0, 0.1) is 6.92 Å². The first-order chi connectivity index (χ1) is 9.77. The van der Waals surface area contributed by atoms with Gasteiger partial charge in [-0.1, -0.05) is 57.8 Å². The first-order valence-corrected chi connectivity index (χ1v) is 9.26. The fraction of sp³-hybridized carbons (Fsp3) is 0.824. The molecule has 1 saturated carbocycles. The Morgan fingerprint density at radius 3 is 1.85 bits per heavy atom. The standard InChI is InChI=1S/C17H30N2S/c1-15-14-20-16(19-15)17(18-2)12-10-8-6-4-3-5-7-9-11-13-17/h14,18H,3-13H2,1-2H3. The van der Waals surface area contributed by atoms with Gasteiger partial charge >= 0.3 is 0 Å². The van der Waals surface area contributed by atoms with Crippen LogP contribution in [0.4, 0.5) is 0 Å². The zero-order valence-corrected chi connectivity index (χ0v) is 14.0. The summed E-state index contributed by atoms with van der Waals surface area (Å²) in [5.74, 6) is 0. The van der Waals surface area contributed by atoms with Crippen LogP contribution in [0.15, 0.2) is 5.38 Å². The quantitative estimate of drug-likeness (QED) is 0.814. The van der Waals surface area contributed by atoms with E-state index in [9.17, 15) is 0 Å². The molecule has 0 amide bonds. The maximum atomic E-state index is 4.80. The predicted octanol–water partition coefficient (Wildman–Crippen LogP) is 5.17. The lowest BCUT2D eigenvalue weighted by molar-refractivity contribution is 0.281. The van der Waals surface area contributed by atoms with Gasteiger partial charge in [0.25, 0.3) is 0 Å². The average Bonchev–Trinajstić information content (AvgIpc) is 2.87. The summed E-state index contributed by atoms with van der Waals surface area (Å²) >= 11 is 1.84. The van der Waals surface area contributed by atoms with Crippen molar-refractivity contribution < 1.29 is 0 Å². The maximum Gasteiger partial charge on any atom is 0.113 e. The molecular weight excluding hydrogens is 264 g/mol. The van der Waals surface area contributed by atoms with E-state index in [1.807, 2.05) is 11.3 Å². The van der Waals surface area contributed by atoms with E-state index in [2.05, 4.69) is 24.7 Å². The average molecular weight is 295 g/mol. The van der Waals surface area contributed by atoms with Crippen LogP contribution < -0.4 is 5.32 Å². The van der Waals surface area contributed by atoms with Crippen molar-refractivity contribution in [1.29, 1.82) is 0 Å². The molecule has 1 N–H and O–H groups in total. The van der Waals surface area contributed by atoms with Crippen LogP contribution in [0.3, 0.4) is 0 Å². The van der Waals surface area contributed by atoms with Gasteiger partial charge in [-0.3, -0.25) is 0 Å². The molecule has 1 fully saturated rings. The first kappa shape index (κ1) is 16.0. The summed E-state index contributed by atoms with van der Waals surface area (Å²) in [7, 11) is 2.13. The summed E-state index contributed by atoms with van der Waals surface area (Å²) in [5.41, 5.74) is 1.31. The van der Waals surface area contributed by atoms with E-state index in [1.165, 1.54) is 81.3 Å². The molecule has 0 bridgehead atoms. The minimum absolute atomic E-state index is 0.137. The van der Waals surface area contributed by atoms with Gasteiger partial charge in [-0.05, 0) is 26.8 Å². The number of aryl methyl sites for hydroxylation is 1. The Bertz CT molecular complexity index is 374. The van der Waals surface area contributed by atoms with Crippen molar-refractivity contribution in [3.8, 4) is 0 Å². The van der Waals surface area contributed by atoms with E-state index >= 15 is 0 Å². The summed E-state index contributed by atoms with van der Waals surface area (Å²) in [5, 5.41) is 7.16. The minimum Gasteiger partial charge on any atom is -0.308 e. The molecule has 2 nitrogen and oxygen atoms in total. The summed E-state index contributed by atoms with van der Waals surface area (Å²) in [6, 6.07) is 0. The highest BCUT2D eigenvalue weighted by molar-refractivity contribution is 7.09. The first-order valence-electron chi connectivity index (χ1n) is 8.38. The van der Waals surface area contributed by atoms with Crippen molar-refractivity contribution in [3.63, 3.8) is 0 Å². The number of thiazole rings is 1. The largest absolute Gasteiger partial charge is 0.308 e. The smallest absolute Gasteiger partial charge is 0.113 e. The lowest BCUT2D eigenvalue weighted by atomic mass is 9.86. The molecule has 2 rings (SSSR count). The zero-order chi connectivity index (χ0) is 14.3. The van der Waals surface area contributed by atoms with Gasteiger partial charge in [-0.2, -0.15) is 0 Å². The Balaban J connectivity index is 2.08. The lowest BCUT2D eigenvalue weighted by Gasteiger charge is -2.32. The van der Waals surface area contributed by atoms with E-state index in [0.717, 1.165) is 0 Å². The third-order valence-electron chi connectivity index (χ3n) is 4.71. The second kappa shape index (κ2) is 8.14. The lowest BCUT2D eigenvalue weighted by Crippen LogP contribution is -2.40. The zero-order valence-electron chi connectivity index (χ0n) is 13.2. The van der Waals surface area contributed by atoms with E-state index in [1.54, 1.807) is 0 Å². The molecule has 0 radical (unpaired) electrons. The Labute approximate surface area is 128 Å². The molecule has 3 heteroatoms. The van der Waals surface area contributed by atoms with Crippen LogP contribution in [0.2, 0.25) is 0 Å². The van der Waals surface area contributed by atoms with Crippen LogP contribution in [0.5, 0.6) is 0 Å². The van der Waals surface area contributed by atoms with Crippen molar-refractivity contribution in [2.75, 3.05) is 7.05 Å². The summed E-state index contributed by atoms with van der Waals surface area (Å²) in [4.78, 5) is 4.80. The third kappa shape index (κ3) is 4.29. The van der Waals surface area contributed by atoms with Crippen molar-refractivity contribution in [2.45, 2.75) is 83.1 Å². The second-order valence-corrected chi connectivity index (χ2v) is 7.17. The summed E-state index contributed by atoms with van der Waals surface area (Å²) in [6.07, 6.45) is 15.1. The van der Waals surface area contributed by atoms with Crippen LogP contribution >= 0.6 is 11.3 Å². The number of rotatable bonds is 2. The Kier molecular flexibility index (Phi) is 6.50. The number of hydrogen-bond acceptors (Lipinski definition) is 3. The van der Waals surface area contributed by atoms with Gasteiger partial charge in [0.2, 0.25) is 0 Å². The molecule has 1 aromatic heterocycles. The Hall–Kier alpha value is -0.410. The molecule has 0 aliphatic heterocycles. The number of nitrogens with zero attached hydrogens (tertiary/aromatic N) is 1. The highest BCUT2D eigenvalue weighted by Crippen LogP contribution is 2.35. The Morgan fingerprint density at radius 2 is 1.45 bits per heavy atom. The molecule has 1 aliphatic rings. The Morgan fingerprint density at radius 1 is 0.950 bits per heavy atom. The molecule has 0 unspecified atom stereocenters. The fourth-order valence-corrected chi connectivity index (χ4v) is 4.42. The normalized spacial score (nSPS) is 21.9. The molecule has 114 valence electrons. The fourth-order valence-electron chi connectivity index (χ4n) is 3.36. The molecule has 0 spiro atoms. The van der Waals surface area contributed by atoms with E-state index < -0.39 is 0 Å². The molecule has 20 heavy (non-hydrogen) atoms. The molecular formula is C17H30N2S. The topological polar surface area (TPSA) is 24.9 Å². The van der Waals surface area contributed by atoms with E-state index in [0.29, 0.717) is 0 Å². The molecule has 0 atom stereocenters. The van der Waals surface area contributed by atoms with Gasteiger partial charge in [-0.15, -0.1) is 11.3 Å². The van der Waals surface area contributed by atoms with Gasteiger partial charge < -0.3 is 5.32 Å². The molecule has 1 heterocycles. The summed E-state index contributed by atoms with van der Waals surface area (Å²) in [6.45, 7) is 2.11. The van der Waals surface area contributed by atoms with Gasteiger partial charge in [0.05, 0.1) is 5.54 Å². The van der Waals surface area contributed by atoms with Crippen LogP contribution in [-0.2, 0) is 5.54 Å². The third-order valence-corrected chi connectivity index (χ3v) is 5.88. The van der Waals surface area contributed by atoms with E-state index in [4.69, 9.17) is 4.98 Å². The van der Waals surface area contributed by atoms with Crippen molar-refractivity contribution >= 4 is 11.3 Å². The number of nitrogens with one attached hydrogen (secondary N) is 1.